The molecular formula is C22H30N4O. The first-order valence-electron chi connectivity index (χ1n) is 10.1. The molecule has 144 valence electrons. The molecule has 1 saturated heterocycles. The summed E-state index contributed by atoms with van der Waals surface area (Å²) in [4.78, 5) is 21.6. The molecule has 2 heterocycles. The van der Waals surface area contributed by atoms with Gasteiger partial charge in [-0.3, -0.25) is 9.78 Å². The average Bonchev–Trinajstić information content (AvgIpc) is 3.00. The van der Waals surface area contributed by atoms with Gasteiger partial charge in [-0.1, -0.05) is 12.8 Å². The van der Waals surface area contributed by atoms with E-state index in [1.165, 1.54) is 31.4 Å². The summed E-state index contributed by atoms with van der Waals surface area (Å²) in [5.41, 5.74) is 3.62. The highest BCUT2D eigenvalue weighted by atomic mass is 16.1. The standard InChI is InChI=1S/C22H30N4O/c1-3-25(4-2)20-11-9-19(10-12-20)24-22(27)18-15-21(17-23-16-18)26-13-7-5-6-8-14-26/h9-12,15-17H,3-8,13-14H2,1-2H3,(H,24,27). The van der Waals surface area contributed by atoms with E-state index in [-0.39, 0.29) is 5.91 Å². The van der Waals surface area contributed by atoms with Crippen molar-refractivity contribution in [2.45, 2.75) is 39.5 Å². The molecule has 0 bridgehead atoms. The molecule has 0 saturated carbocycles. The summed E-state index contributed by atoms with van der Waals surface area (Å²) in [6.07, 6.45) is 8.48. The summed E-state index contributed by atoms with van der Waals surface area (Å²) in [6, 6.07) is 9.97. The number of carbonyl (C=O) groups is 1. The van der Waals surface area contributed by atoms with Crippen molar-refractivity contribution in [2.24, 2.45) is 0 Å². The zero-order valence-electron chi connectivity index (χ0n) is 16.4. The molecule has 1 aromatic heterocycles. The number of pyridine rings is 1. The lowest BCUT2D eigenvalue weighted by Gasteiger charge is -2.22. The number of nitrogens with zero attached hydrogens (tertiary/aromatic N) is 3. The molecule has 5 nitrogen and oxygen atoms in total. The Kier molecular flexibility index (Phi) is 6.69. The van der Waals surface area contributed by atoms with E-state index in [2.05, 4.69) is 46.1 Å². The number of rotatable bonds is 6. The van der Waals surface area contributed by atoms with Gasteiger partial charge < -0.3 is 15.1 Å². The molecule has 1 aromatic carbocycles. The van der Waals surface area contributed by atoms with Gasteiger partial charge in [0, 0.05) is 43.8 Å². The summed E-state index contributed by atoms with van der Waals surface area (Å²) < 4.78 is 0. The first kappa shape index (κ1) is 19.2. The number of hydrogen-bond donors (Lipinski definition) is 1. The maximum Gasteiger partial charge on any atom is 0.257 e. The Labute approximate surface area is 162 Å². The first-order valence-corrected chi connectivity index (χ1v) is 10.1. The zero-order chi connectivity index (χ0) is 19.1. The molecule has 0 radical (unpaired) electrons. The van der Waals surface area contributed by atoms with E-state index < -0.39 is 0 Å². The summed E-state index contributed by atoms with van der Waals surface area (Å²) in [6.45, 7) is 8.31. The molecule has 1 aliphatic heterocycles. The third-order valence-electron chi connectivity index (χ3n) is 5.21. The van der Waals surface area contributed by atoms with Crippen LogP contribution >= 0.6 is 0 Å². The second-order valence-electron chi connectivity index (χ2n) is 7.01. The van der Waals surface area contributed by atoms with Gasteiger partial charge >= 0.3 is 0 Å². The fourth-order valence-corrected chi connectivity index (χ4v) is 3.60. The summed E-state index contributed by atoms with van der Waals surface area (Å²) in [7, 11) is 0. The van der Waals surface area contributed by atoms with E-state index in [1.54, 1.807) is 6.20 Å². The van der Waals surface area contributed by atoms with Crippen LogP contribution in [0.5, 0.6) is 0 Å². The van der Waals surface area contributed by atoms with Crippen molar-refractivity contribution in [2.75, 3.05) is 41.3 Å². The van der Waals surface area contributed by atoms with Gasteiger partial charge in [0.1, 0.15) is 0 Å². The Morgan fingerprint density at radius 2 is 1.70 bits per heavy atom. The van der Waals surface area contributed by atoms with Crippen LogP contribution in [0, 0.1) is 0 Å². The van der Waals surface area contributed by atoms with E-state index >= 15 is 0 Å². The Balaban J connectivity index is 1.68. The van der Waals surface area contributed by atoms with Crippen LogP contribution in [0.15, 0.2) is 42.7 Å². The Morgan fingerprint density at radius 3 is 2.33 bits per heavy atom. The third kappa shape index (κ3) is 5.00. The summed E-state index contributed by atoms with van der Waals surface area (Å²) >= 11 is 0. The maximum absolute atomic E-state index is 12.7. The van der Waals surface area contributed by atoms with Gasteiger partial charge in [-0.05, 0) is 57.0 Å². The minimum atomic E-state index is -0.116. The minimum absolute atomic E-state index is 0.116. The third-order valence-corrected chi connectivity index (χ3v) is 5.21. The predicted octanol–water partition coefficient (Wildman–Crippen LogP) is 4.56. The molecule has 3 rings (SSSR count). The van der Waals surface area contributed by atoms with Crippen LogP contribution < -0.4 is 15.1 Å². The molecule has 0 spiro atoms. The zero-order valence-corrected chi connectivity index (χ0v) is 16.4. The highest BCUT2D eigenvalue weighted by Crippen LogP contribution is 2.21. The van der Waals surface area contributed by atoms with Crippen LogP contribution in [0.25, 0.3) is 0 Å². The van der Waals surface area contributed by atoms with E-state index in [0.717, 1.165) is 37.6 Å². The molecule has 2 aromatic rings. The molecule has 0 aliphatic carbocycles. The van der Waals surface area contributed by atoms with E-state index in [0.29, 0.717) is 5.56 Å². The van der Waals surface area contributed by atoms with Crippen LogP contribution in [-0.4, -0.2) is 37.1 Å². The number of anilines is 3. The molecule has 5 heteroatoms. The number of hydrogen-bond acceptors (Lipinski definition) is 4. The van der Waals surface area contributed by atoms with Gasteiger partial charge in [-0.25, -0.2) is 0 Å². The Morgan fingerprint density at radius 1 is 1.04 bits per heavy atom. The average molecular weight is 367 g/mol. The van der Waals surface area contributed by atoms with Crippen molar-refractivity contribution in [1.82, 2.24) is 4.98 Å². The monoisotopic (exact) mass is 366 g/mol. The lowest BCUT2D eigenvalue weighted by molar-refractivity contribution is 0.102. The van der Waals surface area contributed by atoms with E-state index in [9.17, 15) is 4.79 Å². The van der Waals surface area contributed by atoms with Crippen molar-refractivity contribution in [3.63, 3.8) is 0 Å². The molecular weight excluding hydrogens is 336 g/mol. The molecule has 0 atom stereocenters. The van der Waals surface area contributed by atoms with E-state index in [4.69, 9.17) is 0 Å². The van der Waals surface area contributed by atoms with Crippen molar-refractivity contribution < 1.29 is 4.79 Å². The van der Waals surface area contributed by atoms with E-state index in [1.807, 2.05) is 24.4 Å². The van der Waals surface area contributed by atoms with Crippen molar-refractivity contribution in [1.29, 1.82) is 0 Å². The normalized spacial score (nSPS) is 14.5. The van der Waals surface area contributed by atoms with Crippen LogP contribution in [0.4, 0.5) is 17.1 Å². The molecule has 1 N–H and O–H groups in total. The largest absolute Gasteiger partial charge is 0.372 e. The van der Waals surface area contributed by atoms with Gasteiger partial charge in [0.15, 0.2) is 0 Å². The van der Waals surface area contributed by atoms with Gasteiger partial charge in [0.25, 0.3) is 5.91 Å². The fourth-order valence-electron chi connectivity index (χ4n) is 3.60. The summed E-state index contributed by atoms with van der Waals surface area (Å²) in [5.74, 6) is -0.116. The smallest absolute Gasteiger partial charge is 0.257 e. The molecule has 1 fully saturated rings. The first-order chi connectivity index (χ1) is 13.2. The van der Waals surface area contributed by atoms with Crippen molar-refractivity contribution >= 4 is 23.0 Å². The molecule has 1 amide bonds. The minimum Gasteiger partial charge on any atom is -0.372 e. The molecule has 0 unspecified atom stereocenters. The van der Waals surface area contributed by atoms with Gasteiger partial charge in [0.05, 0.1) is 17.4 Å². The van der Waals surface area contributed by atoms with Gasteiger partial charge in [0.2, 0.25) is 0 Å². The molecule has 27 heavy (non-hydrogen) atoms. The van der Waals surface area contributed by atoms with Gasteiger partial charge in [-0.15, -0.1) is 0 Å². The lowest BCUT2D eigenvalue weighted by atomic mass is 10.2. The number of nitrogens with one attached hydrogen (secondary N) is 1. The second kappa shape index (κ2) is 9.40. The quantitative estimate of drug-likeness (QED) is 0.814. The predicted molar refractivity (Wildman–Crippen MR) is 113 cm³/mol. The van der Waals surface area contributed by atoms with Crippen LogP contribution in [0.1, 0.15) is 49.9 Å². The number of carbonyl (C=O) groups excluding carboxylic acids is 1. The van der Waals surface area contributed by atoms with Crippen molar-refractivity contribution in [3.8, 4) is 0 Å². The Hall–Kier alpha value is -2.56. The van der Waals surface area contributed by atoms with Crippen LogP contribution in [-0.2, 0) is 0 Å². The number of amides is 1. The summed E-state index contributed by atoms with van der Waals surface area (Å²) in [5, 5.41) is 2.99. The maximum atomic E-state index is 12.7. The second-order valence-corrected chi connectivity index (χ2v) is 7.01. The topological polar surface area (TPSA) is 48.5 Å². The SMILES string of the molecule is CCN(CC)c1ccc(NC(=O)c2cncc(N3CCCCCC3)c2)cc1. The lowest BCUT2D eigenvalue weighted by Crippen LogP contribution is -2.24. The number of aromatic nitrogens is 1. The van der Waals surface area contributed by atoms with Gasteiger partial charge in [-0.2, -0.15) is 0 Å². The fraction of sp³-hybridized carbons (Fsp3) is 0.455. The highest BCUT2D eigenvalue weighted by Gasteiger charge is 2.13. The molecule has 1 aliphatic rings. The van der Waals surface area contributed by atoms with Crippen LogP contribution in [0.3, 0.4) is 0 Å². The highest BCUT2D eigenvalue weighted by molar-refractivity contribution is 6.04. The van der Waals surface area contributed by atoms with Crippen LogP contribution in [0.2, 0.25) is 0 Å². The Bertz CT molecular complexity index is 732. The number of benzene rings is 1. The van der Waals surface area contributed by atoms with Crippen molar-refractivity contribution in [3.05, 3.63) is 48.3 Å².